The molecule has 0 atom stereocenters. The molecule has 20 heavy (non-hydrogen) atoms. The number of hydrogen-bond donors (Lipinski definition) is 1. The lowest BCUT2D eigenvalue weighted by Gasteiger charge is -2.29. The summed E-state index contributed by atoms with van der Waals surface area (Å²) < 4.78 is 1.35. The van der Waals surface area contributed by atoms with Crippen molar-refractivity contribution in [1.29, 1.82) is 5.41 Å². The van der Waals surface area contributed by atoms with Crippen molar-refractivity contribution in [2.45, 2.75) is 19.8 Å². The number of nitrogens with one attached hydrogen (secondary N) is 1. The number of nitrogens with zero attached hydrogens (tertiary/aromatic N) is 4. The van der Waals surface area contributed by atoms with Crippen molar-refractivity contribution in [2.24, 2.45) is 5.92 Å². The van der Waals surface area contributed by atoms with Crippen LogP contribution in [-0.2, 0) is 0 Å². The van der Waals surface area contributed by atoms with E-state index >= 15 is 0 Å². The van der Waals surface area contributed by atoms with Crippen molar-refractivity contribution in [3.8, 4) is 0 Å². The summed E-state index contributed by atoms with van der Waals surface area (Å²) in [5, 5.41) is 15.3. The van der Waals surface area contributed by atoms with Crippen LogP contribution in [0.4, 0.5) is 4.79 Å². The van der Waals surface area contributed by atoms with E-state index in [1.54, 1.807) is 18.2 Å². The van der Waals surface area contributed by atoms with Crippen LogP contribution in [0.5, 0.6) is 0 Å². The third-order valence-corrected chi connectivity index (χ3v) is 3.87. The van der Waals surface area contributed by atoms with Crippen LogP contribution in [0.2, 0.25) is 0 Å². The smallest absolute Gasteiger partial charge is 0.323 e. The van der Waals surface area contributed by atoms with Crippen LogP contribution in [-0.4, -0.2) is 45.2 Å². The summed E-state index contributed by atoms with van der Waals surface area (Å²) in [4.78, 5) is 14.3. The first-order valence-electron chi connectivity index (χ1n) is 6.84. The minimum Gasteiger partial charge on any atom is -0.323 e. The van der Waals surface area contributed by atoms with Gasteiger partial charge in [0.15, 0.2) is 0 Å². The molecule has 1 fully saturated rings. The van der Waals surface area contributed by atoms with Crippen molar-refractivity contribution in [3.05, 3.63) is 23.8 Å². The maximum atomic E-state index is 12.5. The Morgan fingerprint density at radius 2 is 2.15 bits per heavy atom. The number of hydrogen-bond acceptors (Lipinski definition) is 4. The van der Waals surface area contributed by atoms with Gasteiger partial charge in [-0.1, -0.05) is 18.2 Å². The van der Waals surface area contributed by atoms with Gasteiger partial charge in [0.25, 0.3) is 0 Å². The van der Waals surface area contributed by atoms with Gasteiger partial charge in [-0.25, -0.2) is 4.79 Å². The topological polar surface area (TPSA) is 74.9 Å². The van der Waals surface area contributed by atoms with E-state index in [1.165, 1.54) is 10.9 Å². The highest BCUT2D eigenvalue weighted by atomic mass is 16.2. The van der Waals surface area contributed by atoms with Gasteiger partial charge in [-0.2, -0.15) is 4.68 Å². The molecule has 1 saturated heterocycles. The molecule has 1 aliphatic rings. The fraction of sp³-hybridized carbons (Fsp3) is 0.429. The molecule has 1 aromatic carbocycles. The van der Waals surface area contributed by atoms with E-state index in [9.17, 15) is 4.79 Å². The normalized spacial score (nSPS) is 16.6. The SMILES string of the molecule is CC1CCN(C(=O)n2nnc3ccc(C=N)cc32)CC1. The first kappa shape index (κ1) is 12.8. The highest BCUT2D eigenvalue weighted by Crippen LogP contribution is 2.18. The quantitative estimate of drug-likeness (QED) is 0.807. The fourth-order valence-electron chi connectivity index (χ4n) is 2.50. The van der Waals surface area contributed by atoms with E-state index in [0.29, 0.717) is 17.0 Å². The van der Waals surface area contributed by atoms with Gasteiger partial charge in [-0.05, 0) is 36.5 Å². The standard InChI is InChI=1S/C14H17N5O/c1-10-4-6-18(7-5-10)14(20)19-13-8-11(9-15)2-3-12(13)16-17-19/h2-3,8-10,15H,4-7H2,1H3. The number of rotatable bonds is 1. The molecule has 1 aliphatic heterocycles. The van der Waals surface area contributed by atoms with E-state index in [-0.39, 0.29) is 6.03 Å². The summed E-state index contributed by atoms with van der Waals surface area (Å²) in [6.07, 6.45) is 3.32. The minimum absolute atomic E-state index is 0.124. The van der Waals surface area contributed by atoms with E-state index in [0.717, 1.165) is 31.5 Å². The van der Waals surface area contributed by atoms with E-state index in [1.807, 2.05) is 4.90 Å². The average Bonchev–Trinajstić information content (AvgIpc) is 2.90. The summed E-state index contributed by atoms with van der Waals surface area (Å²) in [6, 6.07) is 5.22. The molecular formula is C14H17N5O. The molecule has 2 heterocycles. The van der Waals surface area contributed by atoms with Crippen molar-refractivity contribution in [1.82, 2.24) is 19.9 Å². The number of carbonyl (C=O) groups excluding carboxylic acids is 1. The van der Waals surface area contributed by atoms with E-state index < -0.39 is 0 Å². The molecule has 1 N–H and O–H groups in total. The van der Waals surface area contributed by atoms with Crippen LogP contribution in [0, 0.1) is 11.3 Å². The van der Waals surface area contributed by atoms with Crippen molar-refractivity contribution >= 4 is 23.3 Å². The third kappa shape index (κ3) is 2.17. The lowest BCUT2D eigenvalue weighted by Crippen LogP contribution is -2.40. The number of benzene rings is 1. The maximum absolute atomic E-state index is 12.5. The van der Waals surface area contributed by atoms with Gasteiger partial charge in [0, 0.05) is 19.3 Å². The first-order chi connectivity index (χ1) is 9.69. The van der Waals surface area contributed by atoms with Crippen LogP contribution >= 0.6 is 0 Å². The number of carbonyl (C=O) groups is 1. The summed E-state index contributed by atoms with van der Waals surface area (Å²) in [5.74, 6) is 0.677. The number of piperidine rings is 1. The Hall–Kier alpha value is -2.24. The second kappa shape index (κ2) is 5.03. The predicted octanol–water partition coefficient (Wildman–Crippen LogP) is 2.13. The largest absolute Gasteiger partial charge is 0.346 e. The minimum atomic E-state index is -0.124. The van der Waals surface area contributed by atoms with Crippen LogP contribution in [0.3, 0.4) is 0 Å². The molecule has 104 valence electrons. The Balaban J connectivity index is 1.93. The zero-order valence-electron chi connectivity index (χ0n) is 11.4. The molecule has 6 nitrogen and oxygen atoms in total. The zero-order valence-corrected chi connectivity index (χ0v) is 11.4. The number of fused-ring (bicyclic) bond motifs is 1. The maximum Gasteiger partial charge on any atom is 0.346 e. The molecule has 1 amide bonds. The summed E-state index contributed by atoms with van der Waals surface area (Å²) in [6.45, 7) is 3.75. The lowest BCUT2D eigenvalue weighted by atomic mass is 10.00. The molecule has 2 aromatic rings. The van der Waals surface area contributed by atoms with Gasteiger partial charge in [0.2, 0.25) is 0 Å². The molecule has 0 unspecified atom stereocenters. The monoisotopic (exact) mass is 271 g/mol. The predicted molar refractivity (Wildman–Crippen MR) is 76.2 cm³/mol. The zero-order chi connectivity index (χ0) is 14.1. The Bertz CT molecular complexity index is 655. The summed E-state index contributed by atoms with van der Waals surface area (Å²) in [7, 11) is 0. The molecule has 0 saturated carbocycles. The van der Waals surface area contributed by atoms with Crippen LogP contribution < -0.4 is 0 Å². The molecule has 0 radical (unpaired) electrons. The second-order valence-electron chi connectivity index (χ2n) is 5.35. The molecule has 6 heteroatoms. The van der Waals surface area contributed by atoms with E-state index in [2.05, 4.69) is 17.2 Å². The van der Waals surface area contributed by atoms with Crippen molar-refractivity contribution in [2.75, 3.05) is 13.1 Å². The Morgan fingerprint density at radius 3 is 2.85 bits per heavy atom. The molecule has 1 aromatic heterocycles. The number of amides is 1. The first-order valence-corrected chi connectivity index (χ1v) is 6.84. The third-order valence-electron chi connectivity index (χ3n) is 3.87. The average molecular weight is 271 g/mol. The van der Waals surface area contributed by atoms with Gasteiger partial charge >= 0.3 is 6.03 Å². The molecule has 0 aliphatic carbocycles. The molecular weight excluding hydrogens is 254 g/mol. The van der Waals surface area contributed by atoms with Crippen LogP contribution in [0.25, 0.3) is 11.0 Å². The van der Waals surface area contributed by atoms with Crippen molar-refractivity contribution in [3.63, 3.8) is 0 Å². The summed E-state index contributed by atoms with van der Waals surface area (Å²) >= 11 is 0. The number of likely N-dealkylation sites (tertiary alicyclic amines) is 1. The van der Waals surface area contributed by atoms with Gasteiger partial charge in [-0.3, -0.25) is 0 Å². The van der Waals surface area contributed by atoms with Gasteiger partial charge in [-0.15, -0.1) is 5.10 Å². The molecule has 0 bridgehead atoms. The fourth-order valence-corrected chi connectivity index (χ4v) is 2.50. The second-order valence-corrected chi connectivity index (χ2v) is 5.35. The summed E-state index contributed by atoms with van der Waals surface area (Å²) in [5.41, 5.74) is 2.07. The Morgan fingerprint density at radius 1 is 1.40 bits per heavy atom. The number of aromatic nitrogens is 3. The van der Waals surface area contributed by atoms with Crippen LogP contribution in [0.15, 0.2) is 18.2 Å². The van der Waals surface area contributed by atoms with Gasteiger partial charge in [0.05, 0.1) is 0 Å². The molecule has 3 rings (SSSR count). The Labute approximate surface area is 116 Å². The van der Waals surface area contributed by atoms with Crippen molar-refractivity contribution < 1.29 is 4.79 Å². The highest BCUT2D eigenvalue weighted by molar-refractivity contribution is 5.91. The van der Waals surface area contributed by atoms with Gasteiger partial charge in [0.1, 0.15) is 11.0 Å². The van der Waals surface area contributed by atoms with E-state index in [4.69, 9.17) is 5.41 Å². The Kier molecular flexibility index (Phi) is 3.22. The van der Waals surface area contributed by atoms with Crippen LogP contribution in [0.1, 0.15) is 25.3 Å². The highest BCUT2D eigenvalue weighted by Gasteiger charge is 2.23. The molecule has 0 spiro atoms. The van der Waals surface area contributed by atoms with Gasteiger partial charge < -0.3 is 10.3 Å². The lowest BCUT2D eigenvalue weighted by molar-refractivity contribution is 0.173.